The van der Waals surface area contributed by atoms with E-state index in [2.05, 4.69) is 54.7 Å². The molecule has 1 aliphatic heterocycles. The molecule has 17 heavy (non-hydrogen) atoms. The summed E-state index contributed by atoms with van der Waals surface area (Å²) >= 11 is 0. The van der Waals surface area contributed by atoms with Crippen molar-refractivity contribution in [3.63, 3.8) is 0 Å². The van der Waals surface area contributed by atoms with Gasteiger partial charge in [0.05, 0.1) is 6.20 Å². The van der Waals surface area contributed by atoms with Gasteiger partial charge in [0.15, 0.2) is 6.67 Å². The maximum Gasteiger partial charge on any atom is 0.160 e. The summed E-state index contributed by atoms with van der Waals surface area (Å²) in [6, 6.07) is 8.53. The normalized spacial score (nSPS) is 17.6. The number of quaternary nitrogens is 1. The van der Waals surface area contributed by atoms with Crippen molar-refractivity contribution >= 4 is 6.08 Å². The van der Waals surface area contributed by atoms with Crippen molar-refractivity contribution in [2.75, 3.05) is 6.67 Å². The second-order valence-corrected chi connectivity index (χ2v) is 3.95. The molecule has 0 radical (unpaired) electrons. The first-order valence-electron chi connectivity index (χ1n) is 5.44. The number of benzene rings is 1. The van der Waals surface area contributed by atoms with Crippen molar-refractivity contribution in [2.45, 2.75) is 6.54 Å². The van der Waals surface area contributed by atoms with E-state index in [1.807, 2.05) is 12.3 Å². The van der Waals surface area contributed by atoms with Crippen LogP contribution in [-0.4, -0.2) is 11.6 Å². The molecule has 1 unspecified atom stereocenters. The minimum atomic E-state index is 0. The second-order valence-electron chi connectivity index (χ2n) is 3.95. The predicted octanol–water partition coefficient (Wildman–Crippen LogP) is -1.39. The molecule has 1 aromatic carbocycles. The summed E-state index contributed by atoms with van der Waals surface area (Å²) in [6.45, 7) is 9.49. The van der Waals surface area contributed by atoms with Crippen molar-refractivity contribution in [3.05, 3.63) is 67.2 Å². The van der Waals surface area contributed by atoms with Gasteiger partial charge in [0.25, 0.3) is 0 Å². The molecule has 0 saturated carbocycles. The highest BCUT2D eigenvalue weighted by atomic mass is 35.5. The highest BCUT2D eigenvalue weighted by Crippen LogP contribution is 2.04. The molecule has 90 valence electrons. The molecule has 1 heterocycles. The number of hydrogen-bond donors (Lipinski definition) is 1. The molecule has 1 atom stereocenters. The largest absolute Gasteiger partial charge is 1.00 e. The third-order valence-electron chi connectivity index (χ3n) is 2.77. The minimum absolute atomic E-state index is 0. The SMILES string of the molecule is C=Cc1ccc(C[NH+]2C=CN(C=C)C2)cc1.[Cl-]. The van der Waals surface area contributed by atoms with Gasteiger partial charge in [-0.2, -0.15) is 0 Å². The Hall–Kier alpha value is -1.51. The standard InChI is InChI=1S/C14H16N2.ClH/c1-3-13-5-7-14(8-6-13)11-16-10-9-15(4-2)12-16;/h3-10H,1-2,11-12H2;1H. The fourth-order valence-electron chi connectivity index (χ4n) is 1.82. The molecule has 3 heteroatoms. The average Bonchev–Trinajstić information content (AvgIpc) is 2.78. The van der Waals surface area contributed by atoms with Crippen molar-refractivity contribution in [2.24, 2.45) is 0 Å². The fourth-order valence-corrected chi connectivity index (χ4v) is 1.82. The van der Waals surface area contributed by atoms with Gasteiger partial charge >= 0.3 is 0 Å². The Kier molecular flexibility index (Phi) is 5.01. The summed E-state index contributed by atoms with van der Waals surface area (Å²) < 4.78 is 0. The Morgan fingerprint density at radius 2 is 1.94 bits per heavy atom. The molecule has 1 aliphatic rings. The van der Waals surface area contributed by atoms with Crippen LogP contribution in [0.25, 0.3) is 6.08 Å². The number of nitrogens with one attached hydrogen (secondary N) is 1. The quantitative estimate of drug-likeness (QED) is 0.689. The Morgan fingerprint density at radius 3 is 2.47 bits per heavy atom. The van der Waals surface area contributed by atoms with E-state index < -0.39 is 0 Å². The van der Waals surface area contributed by atoms with Crippen LogP contribution in [0.1, 0.15) is 11.1 Å². The summed E-state index contributed by atoms with van der Waals surface area (Å²) in [5.41, 5.74) is 2.51. The third-order valence-corrected chi connectivity index (χ3v) is 2.77. The van der Waals surface area contributed by atoms with Crippen molar-refractivity contribution in [1.29, 1.82) is 0 Å². The van der Waals surface area contributed by atoms with E-state index in [1.165, 1.54) is 16.0 Å². The van der Waals surface area contributed by atoms with E-state index >= 15 is 0 Å². The molecule has 0 bridgehead atoms. The molecule has 0 saturated heterocycles. The Bertz CT molecular complexity index is 409. The fraction of sp³-hybridized carbons (Fsp3) is 0.143. The van der Waals surface area contributed by atoms with Gasteiger partial charge < -0.3 is 17.3 Å². The smallest absolute Gasteiger partial charge is 0.160 e. The van der Waals surface area contributed by atoms with Gasteiger partial charge in [-0.15, -0.1) is 0 Å². The molecule has 0 aromatic heterocycles. The van der Waals surface area contributed by atoms with Gasteiger partial charge in [-0.25, -0.2) is 0 Å². The van der Waals surface area contributed by atoms with Gasteiger partial charge in [0.2, 0.25) is 0 Å². The second kappa shape index (κ2) is 6.28. The molecule has 1 N–H and O–H groups in total. The molecule has 0 spiro atoms. The maximum atomic E-state index is 3.76. The summed E-state index contributed by atoms with van der Waals surface area (Å²) in [6.07, 6.45) is 7.96. The van der Waals surface area contributed by atoms with E-state index in [0.29, 0.717) is 0 Å². The molecule has 0 amide bonds. The van der Waals surface area contributed by atoms with E-state index in [4.69, 9.17) is 0 Å². The van der Waals surface area contributed by atoms with Crippen molar-refractivity contribution in [1.82, 2.24) is 4.90 Å². The van der Waals surface area contributed by atoms with Crippen LogP contribution in [0.15, 0.2) is 56.0 Å². The first kappa shape index (κ1) is 13.6. The summed E-state index contributed by atoms with van der Waals surface area (Å²) in [5.74, 6) is 0. The molecule has 1 aromatic rings. The van der Waals surface area contributed by atoms with Gasteiger partial charge in [0.1, 0.15) is 12.7 Å². The van der Waals surface area contributed by atoms with E-state index in [-0.39, 0.29) is 12.4 Å². The Labute approximate surface area is 109 Å². The monoisotopic (exact) mass is 248 g/mol. The van der Waals surface area contributed by atoms with Gasteiger partial charge in [0, 0.05) is 11.8 Å². The zero-order chi connectivity index (χ0) is 11.4. The lowest BCUT2D eigenvalue weighted by molar-refractivity contribution is -0.862. The van der Waals surface area contributed by atoms with Gasteiger partial charge in [-0.3, -0.25) is 4.90 Å². The maximum absolute atomic E-state index is 3.76. The van der Waals surface area contributed by atoms with Gasteiger partial charge in [-0.1, -0.05) is 43.5 Å². The van der Waals surface area contributed by atoms with Crippen molar-refractivity contribution < 1.29 is 17.3 Å². The lowest BCUT2D eigenvalue weighted by Crippen LogP contribution is -3.05. The molecule has 2 nitrogen and oxygen atoms in total. The summed E-state index contributed by atoms with van der Waals surface area (Å²) in [4.78, 5) is 3.51. The predicted molar refractivity (Wildman–Crippen MR) is 67.2 cm³/mol. The topological polar surface area (TPSA) is 7.68 Å². The first-order chi connectivity index (χ1) is 7.81. The molecular formula is C14H17ClN2. The summed E-state index contributed by atoms with van der Waals surface area (Å²) in [5, 5.41) is 0. The minimum Gasteiger partial charge on any atom is -1.00 e. The van der Waals surface area contributed by atoms with Crippen LogP contribution in [0.2, 0.25) is 0 Å². The van der Waals surface area contributed by atoms with Crippen LogP contribution in [0.4, 0.5) is 0 Å². The number of nitrogens with zero attached hydrogens (tertiary/aromatic N) is 1. The van der Waals surface area contributed by atoms with E-state index in [0.717, 1.165) is 13.2 Å². The van der Waals surface area contributed by atoms with Crippen molar-refractivity contribution in [3.8, 4) is 0 Å². The van der Waals surface area contributed by atoms with Crippen LogP contribution in [-0.2, 0) is 6.54 Å². The van der Waals surface area contributed by atoms with Crippen LogP contribution in [0.5, 0.6) is 0 Å². The molecular weight excluding hydrogens is 232 g/mol. The zero-order valence-corrected chi connectivity index (χ0v) is 10.5. The van der Waals surface area contributed by atoms with Gasteiger partial charge in [-0.05, 0) is 5.56 Å². The lowest BCUT2D eigenvalue weighted by atomic mass is 10.1. The Morgan fingerprint density at radius 1 is 1.24 bits per heavy atom. The Balaban J connectivity index is 0.00000144. The molecule has 0 fully saturated rings. The van der Waals surface area contributed by atoms with E-state index in [1.54, 1.807) is 0 Å². The number of hydrogen-bond acceptors (Lipinski definition) is 1. The van der Waals surface area contributed by atoms with Crippen LogP contribution >= 0.6 is 0 Å². The van der Waals surface area contributed by atoms with Crippen LogP contribution in [0, 0.1) is 0 Å². The summed E-state index contributed by atoms with van der Waals surface area (Å²) in [7, 11) is 0. The van der Waals surface area contributed by atoms with E-state index in [9.17, 15) is 0 Å². The number of rotatable bonds is 4. The third kappa shape index (κ3) is 3.48. The van der Waals surface area contributed by atoms with Crippen LogP contribution < -0.4 is 17.3 Å². The highest BCUT2D eigenvalue weighted by molar-refractivity contribution is 5.47. The number of halogens is 1. The van der Waals surface area contributed by atoms with Crippen LogP contribution in [0.3, 0.4) is 0 Å². The average molecular weight is 249 g/mol. The first-order valence-corrected chi connectivity index (χ1v) is 5.44. The molecule has 0 aliphatic carbocycles. The highest BCUT2D eigenvalue weighted by Gasteiger charge is 2.14. The molecule has 2 rings (SSSR count). The lowest BCUT2D eigenvalue weighted by Gasteiger charge is -2.13. The zero-order valence-electron chi connectivity index (χ0n) is 9.77.